The first-order valence-electron chi connectivity index (χ1n) is 5.07. The summed E-state index contributed by atoms with van der Waals surface area (Å²) in [5, 5.41) is 0. The van der Waals surface area contributed by atoms with Gasteiger partial charge in [0.15, 0.2) is 5.78 Å². The minimum absolute atomic E-state index is 0.0591. The Kier molecular flexibility index (Phi) is 5.71. The molecule has 0 aliphatic carbocycles. The molecule has 0 N–H and O–H groups in total. The Morgan fingerprint density at radius 2 is 1.81 bits per heavy atom. The average Bonchev–Trinajstić information content (AvgIpc) is 2.29. The molecule has 0 saturated heterocycles. The molecular weight excluding hydrogens is 208 g/mol. The van der Waals surface area contributed by atoms with Gasteiger partial charge in [-0.1, -0.05) is 24.3 Å². The molecule has 1 aromatic carbocycles. The molecule has 0 amide bonds. The fraction of sp³-hybridized carbons (Fsp3) is 0.417. The molecule has 0 spiro atoms. The Morgan fingerprint density at radius 1 is 1.12 bits per heavy atom. The van der Waals surface area contributed by atoms with Crippen LogP contribution in [-0.2, 0) is 21.1 Å². The predicted molar refractivity (Wildman–Crippen MR) is 59.1 cm³/mol. The monoisotopic (exact) mass is 224 g/mol. The summed E-state index contributed by atoms with van der Waals surface area (Å²) < 4.78 is 4.79. The summed E-state index contributed by atoms with van der Waals surface area (Å²) in [4.78, 5) is 20.8. The second kappa shape index (κ2) is 7.11. The molecule has 88 valence electrons. The lowest BCUT2D eigenvalue weighted by Gasteiger charge is -2.04. The van der Waals surface area contributed by atoms with Crippen molar-refractivity contribution in [2.24, 2.45) is 0 Å². The number of benzene rings is 1. The van der Waals surface area contributed by atoms with Crippen molar-refractivity contribution < 1.29 is 19.3 Å². The van der Waals surface area contributed by atoms with Crippen molar-refractivity contribution in [2.45, 2.75) is 13.5 Å². The molecule has 1 rings (SSSR count). The second-order valence-corrected chi connectivity index (χ2v) is 3.33. The lowest BCUT2D eigenvalue weighted by atomic mass is 10.1. The van der Waals surface area contributed by atoms with Crippen LogP contribution in [0.4, 0.5) is 0 Å². The molecule has 1 aromatic rings. The van der Waals surface area contributed by atoms with Crippen LogP contribution in [0.1, 0.15) is 22.8 Å². The van der Waals surface area contributed by atoms with E-state index in [1.807, 2.05) is 12.1 Å². The molecule has 0 aliphatic heterocycles. The number of hydrogen-bond acceptors (Lipinski definition) is 4. The summed E-state index contributed by atoms with van der Waals surface area (Å²) in [6.07, 6.45) is 0. The van der Waals surface area contributed by atoms with Gasteiger partial charge in [0.2, 0.25) is 0 Å². The van der Waals surface area contributed by atoms with Gasteiger partial charge in [-0.05, 0) is 12.5 Å². The normalized spacial score (nSPS) is 10.4. The molecule has 0 unspecified atom stereocenters. The van der Waals surface area contributed by atoms with Gasteiger partial charge in [0, 0.05) is 12.7 Å². The van der Waals surface area contributed by atoms with Crippen molar-refractivity contribution in [3.8, 4) is 0 Å². The zero-order valence-electron chi connectivity index (χ0n) is 9.56. The highest BCUT2D eigenvalue weighted by Crippen LogP contribution is 2.06. The number of Topliss-reactive ketones (excluding diaryl/α,β-unsaturated/α-hetero) is 1. The highest BCUT2D eigenvalue weighted by Gasteiger charge is 1.99. The zero-order chi connectivity index (χ0) is 11.8. The van der Waals surface area contributed by atoms with Crippen LogP contribution < -0.4 is 0 Å². The zero-order valence-corrected chi connectivity index (χ0v) is 9.56. The van der Waals surface area contributed by atoms with Gasteiger partial charge in [0.05, 0.1) is 6.61 Å². The van der Waals surface area contributed by atoms with Gasteiger partial charge in [-0.2, -0.15) is 0 Å². The molecule has 0 aliphatic rings. The summed E-state index contributed by atoms with van der Waals surface area (Å²) >= 11 is 0. The maximum absolute atomic E-state index is 11.0. The number of carbonyl (C=O) groups is 1. The Morgan fingerprint density at radius 3 is 2.38 bits per heavy atom. The molecule has 0 heterocycles. The SMILES string of the molecule is COCCOOCc1ccc(C(C)=O)cc1. The number of carbonyl (C=O) groups excluding carboxylic acids is 1. The molecule has 16 heavy (non-hydrogen) atoms. The highest BCUT2D eigenvalue weighted by molar-refractivity contribution is 5.93. The van der Waals surface area contributed by atoms with E-state index >= 15 is 0 Å². The van der Waals surface area contributed by atoms with Crippen molar-refractivity contribution in [1.82, 2.24) is 0 Å². The third kappa shape index (κ3) is 4.53. The Hall–Kier alpha value is -1.23. The Bertz CT molecular complexity index is 318. The summed E-state index contributed by atoms with van der Waals surface area (Å²) in [5.41, 5.74) is 1.66. The van der Waals surface area contributed by atoms with E-state index in [2.05, 4.69) is 0 Å². The second-order valence-electron chi connectivity index (χ2n) is 3.33. The molecule has 0 bridgehead atoms. The van der Waals surface area contributed by atoms with Crippen LogP contribution in [0.15, 0.2) is 24.3 Å². The molecule has 0 atom stereocenters. The maximum Gasteiger partial charge on any atom is 0.159 e. The highest BCUT2D eigenvalue weighted by atomic mass is 17.2. The summed E-state index contributed by atoms with van der Waals surface area (Å²) in [6.45, 7) is 2.81. The van der Waals surface area contributed by atoms with E-state index in [9.17, 15) is 4.79 Å². The van der Waals surface area contributed by atoms with Gasteiger partial charge >= 0.3 is 0 Å². The summed E-state index contributed by atoms with van der Waals surface area (Å²) in [7, 11) is 1.60. The molecule has 0 radical (unpaired) electrons. The molecule has 0 fully saturated rings. The van der Waals surface area contributed by atoms with Gasteiger partial charge in [0.25, 0.3) is 0 Å². The van der Waals surface area contributed by atoms with Crippen LogP contribution in [0.3, 0.4) is 0 Å². The standard InChI is InChI=1S/C12H16O4/c1-10(13)12-5-3-11(4-6-12)9-16-15-8-7-14-2/h3-6H,7-9H2,1-2H3. The quantitative estimate of drug-likeness (QED) is 0.307. The fourth-order valence-electron chi connectivity index (χ4n) is 1.12. The molecule has 4 nitrogen and oxygen atoms in total. The first kappa shape index (κ1) is 12.8. The van der Waals surface area contributed by atoms with Gasteiger partial charge in [0.1, 0.15) is 13.2 Å². The predicted octanol–water partition coefficient (Wildman–Crippen LogP) is 1.98. The molecule has 0 saturated carbocycles. The minimum Gasteiger partial charge on any atom is -0.382 e. The van der Waals surface area contributed by atoms with Crippen LogP contribution in [0.5, 0.6) is 0 Å². The third-order valence-corrected chi connectivity index (χ3v) is 2.04. The lowest BCUT2D eigenvalue weighted by molar-refractivity contribution is -0.307. The van der Waals surface area contributed by atoms with E-state index < -0.39 is 0 Å². The maximum atomic E-state index is 11.0. The Balaban J connectivity index is 2.29. The van der Waals surface area contributed by atoms with Crippen LogP contribution in [0, 0.1) is 0 Å². The molecule has 0 aromatic heterocycles. The number of methoxy groups -OCH3 is 1. The van der Waals surface area contributed by atoms with Gasteiger partial charge in [-0.15, -0.1) is 0 Å². The summed E-state index contributed by atoms with van der Waals surface area (Å²) in [6, 6.07) is 7.24. The first-order valence-corrected chi connectivity index (χ1v) is 5.07. The van der Waals surface area contributed by atoms with Crippen molar-refractivity contribution in [3.63, 3.8) is 0 Å². The van der Waals surface area contributed by atoms with Gasteiger partial charge in [-0.3, -0.25) is 4.79 Å². The number of hydrogen-bond donors (Lipinski definition) is 0. The van der Waals surface area contributed by atoms with Crippen molar-refractivity contribution in [2.75, 3.05) is 20.3 Å². The van der Waals surface area contributed by atoms with Gasteiger partial charge in [-0.25, -0.2) is 9.78 Å². The molecule has 4 heteroatoms. The van der Waals surface area contributed by atoms with Crippen molar-refractivity contribution >= 4 is 5.78 Å². The first-order chi connectivity index (χ1) is 7.74. The number of ether oxygens (including phenoxy) is 1. The third-order valence-electron chi connectivity index (χ3n) is 2.04. The molecular formula is C12H16O4. The van der Waals surface area contributed by atoms with Crippen LogP contribution in [0.2, 0.25) is 0 Å². The average molecular weight is 224 g/mol. The van der Waals surface area contributed by atoms with E-state index in [1.54, 1.807) is 26.2 Å². The van der Waals surface area contributed by atoms with E-state index in [0.717, 1.165) is 5.56 Å². The largest absolute Gasteiger partial charge is 0.382 e. The number of ketones is 1. The van der Waals surface area contributed by atoms with E-state index in [-0.39, 0.29) is 5.78 Å². The van der Waals surface area contributed by atoms with Crippen molar-refractivity contribution in [1.29, 1.82) is 0 Å². The van der Waals surface area contributed by atoms with Crippen LogP contribution >= 0.6 is 0 Å². The van der Waals surface area contributed by atoms with E-state index in [0.29, 0.717) is 25.4 Å². The topological polar surface area (TPSA) is 44.8 Å². The minimum atomic E-state index is 0.0591. The Labute approximate surface area is 95.1 Å². The number of rotatable bonds is 7. The van der Waals surface area contributed by atoms with Crippen molar-refractivity contribution in [3.05, 3.63) is 35.4 Å². The van der Waals surface area contributed by atoms with E-state index in [4.69, 9.17) is 14.5 Å². The fourth-order valence-corrected chi connectivity index (χ4v) is 1.12. The van der Waals surface area contributed by atoms with Gasteiger partial charge < -0.3 is 4.74 Å². The lowest BCUT2D eigenvalue weighted by Crippen LogP contribution is -2.03. The van der Waals surface area contributed by atoms with Crippen LogP contribution in [0.25, 0.3) is 0 Å². The van der Waals surface area contributed by atoms with E-state index in [1.165, 1.54) is 0 Å². The summed E-state index contributed by atoms with van der Waals surface area (Å²) in [5.74, 6) is 0.0591. The smallest absolute Gasteiger partial charge is 0.159 e. The van der Waals surface area contributed by atoms with Crippen LogP contribution in [-0.4, -0.2) is 26.1 Å².